The van der Waals surface area contributed by atoms with Crippen molar-refractivity contribution >= 4 is 29.2 Å². The van der Waals surface area contributed by atoms with Crippen LogP contribution in [0.4, 0.5) is 11.4 Å². The van der Waals surface area contributed by atoms with Gasteiger partial charge in [-0.25, -0.2) is 0 Å². The largest absolute Gasteiger partial charge is 0.481 e. The molecular formula is C20H20N2O5. The molecule has 1 aliphatic rings. The van der Waals surface area contributed by atoms with Crippen LogP contribution < -0.4 is 15.4 Å². The van der Waals surface area contributed by atoms with Crippen molar-refractivity contribution in [2.75, 3.05) is 10.6 Å². The Balaban J connectivity index is 1.63. The molecule has 1 atom stereocenters. The number of hydrogen-bond donors (Lipinski definition) is 3. The van der Waals surface area contributed by atoms with E-state index in [-0.39, 0.29) is 18.2 Å². The number of nitrogens with one attached hydrogen (secondary N) is 2. The normalized spacial score (nSPS) is 15.9. The molecule has 1 unspecified atom stereocenters. The molecule has 0 bridgehead atoms. The molecule has 0 aromatic heterocycles. The van der Waals surface area contributed by atoms with Gasteiger partial charge >= 0.3 is 5.97 Å². The fraction of sp³-hybridized carbons (Fsp3) is 0.250. The minimum absolute atomic E-state index is 0.136. The molecular weight excluding hydrogens is 348 g/mol. The van der Waals surface area contributed by atoms with E-state index in [1.54, 1.807) is 62.4 Å². The van der Waals surface area contributed by atoms with Gasteiger partial charge in [0.05, 0.1) is 17.5 Å². The smallest absolute Gasteiger partial charge is 0.313 e. The Bertz CT molecular complexity index is 890. The maximum Gasteiger partial charge on any atom is 0.313 e. The van der Waals surface area contributed by atoms with Crippen LogP contribution in [0.3, 0.4) is 0 Å². The molecule has 0 saturated heterocycles. The van der Waals surface area contributed by atoms with Crippen molar-refractivity contribution in [3.05, 3.63) is 54.1 Å². The van der Waals surface area contributed by atoms with Crippen LogP contribution >= 0.6 is 0 Å². The molecule has 27 heavy (non-hydrogen) atoms. The molecule has 0 saturated carbocycles. The van der Waals surface area contributed by atoms with Crippen molar-refractivity contribution < 1.29 is 24.2 Å². The summed E-state index contributed by atoms with van der Waals surface area (Å²) in [7, 11) is 0. The number of carbonyl (C=O) groups is 3. The molecule has 2 aromatic carbocycles. The molecule has 1 aliphatic heterocycles. The number of carboxylic acid groups (broad SMARTS) is 1. The third kappa shape index (κ3) is 3.92. The van der Waals surface area contributed by atoms with E-state index in [9.17, 15) is 19.5 Å². The number of aliphatic carboxylic acids is 1. The lowest BCUT2D eigenvalue weighted by Crippen LogP contribution is -2.39. The van der Waals surface area contributed by atoms with Gasteiger partial charge in [-0.15, -0.1) is 0 Å². The number of rotatable bonds is 5. The predicted octanol–water partition coefficient (Wildman–Crippen LogP) is 2.78. The van der Waals surface area contributed by atoms with Gasteiger partial charge in [0.2, 0.25) is 5.91 Å². The maximum absolute atomic E-state index is 12.3. The first-order valence-corrected chi connectivity index (χ1v) is 8.47. The van der Waals surface area contributed by atoms with Crippen LogP contribution in [-0.2, 0) is 19.8 Å². The molecule has 0 radical (unpaired) electrons. The average Bonchev–Trinajstić information content (AvgIpc) is 2.62. The molecule has 0 aliphatic carbocycles. The van der Waals surface area contributed by atoms with Crippen LogP contribution in [0.1, 0.15) is 25.8 Å². The van der Waals surface area contributed by atoms with Crippen LogP contribution in [-0.4, -0.2) is 29.0 Å². The number of amides is 2. The first-order chi connectivity index (χ1) is 12.8. The molecule has 1 heterocycles. The molecule has 0 fully saturated rings. The lowest BCUT2D eigenvalue weighted by molar-refractivity contribution is -0.142. The molecule has 3 N–H and O–H groups in total. The van der Waals surface area contributed by atoms with E-state index in [1.165, 1.54) is 0 Å². The van der Waals surface area contributed by atoms with Crippen LogP contribution in [0.15, 0.2) is 48.5 Å². The topological polar surface area (TPSA) is 105 Å². The second-order valence-electron chi connectivity index (χ2n) is 6.85. The Hall–Kier alpha value is -3.35. The van der Waals surface area contributed by atoms with Crippen molar-refractivity contribution in [1.29, 1.82) is 0 Å². The highest BCUT2D eigenvalue weighted by molar-refractivity contribution is 6.02. The summed E-state index contributed by atoms with van der Waals surface area (Å²) in [5.74, 6) is -1.16. The number of carbonyl (C=O) groups excluding carboxylic acids is 2. The van der Waals surface area contributed by atoms with Crippen molar-refractivity contribution in [2.45, 2.75) is 31.8 Å². The first kappa shape index (κ1) is 18.4. The monoisotopic (exact) mass is 368 g/mol. The van der Waals surface area contributed by atoms with E-state index in [1.807, 2.05) is 0 Å². The highest BCUT2D eigenvalue weighted by Crippen LogP contribution is 2.30. The van der Waals surface area contributed by atoms with Gasteiger partial charge in [-0.3, -0.25) is 14.4 Å². The molecule has 3 rings (SSSR count). The third-order valence-electron chi connectivity index (χ3n) is 4.50. The van der Waals surface area contributed by atoms with E-state index >= 15 is 0 Å². The summed E-state index contributed by atoms with van der Waals surface area (Å²) in [5, 5.41) is 14.7. The Morgan fingerprint density at radius 2 is 1.81 bits per heavy atom. The maximum atomic E-state index is 12.3. The molecule has 0 spiro atoms. The summed E-state index contributed by atoms with van der Waals surface area (Å²) >= 11 is 0. The number of fused-ring (bicyclic) bond motifs is 1. The summed E-state index contributed by atoms with van der Waals surface area (Å²) in [6.07, 6.45) is -1.05. The summed E-state index contributed by atoms with van der Waals surface area (Å²) in [5.41, 5.74) is 0.696. The SMILES string of the molecule is CC(C)(C(=O)O)c1ccc(NC(=O)CC2Oc3ccccc3NC2=O)cc1. The Morgan fingerprint density at radius 1 is 1.15 bits per heavy atom. The zero-order valence-electron chi connectivity index (χ0n) is 15.0. The molecule has 140 valence electrons. The van der Waals surface area contributed by atoms with Gasteiger partial charge in [-0.05, 0) is 43.7 Å². The summed E-state index contributed by atoms with van der Waals surface area (Å²) in [6, 6.07) is 13.6. The van der Waals surface area contributed by atoms with E-state index < -0.39 is 17.5 Å². The molecule has 7 heteroatoms. The zero-order chi connectivity index (χ0) is 19.6. The van der Waals surface area contributed by atoms with Gasteiger partial charge in [0, 0.05) is 5.69 Å². The first-order valence-electron chi connectivity index (χ1n) is 8.47. The van der Waals surface area contributed by atoms with E-state index in [0.717, 1.165) is 0 Å². The van der Waals surface area contributed by atoms with Gasteiger partial charge < -0.3 is 20.5 Å². The minimum atomic E-state index is -1.02. The van der Waals surface area contributed by atoms with Gasteiger partial charge in [0.15, 0.2) is 6.10 Å². The summed E-state index contributed by atoms with van der Waals surface area (Å²) in [6.45, 7) is 3.22. The predicted molar refractivity (Wildman–Crippen MR) is 99.8 cm³/mol. The fourth-order valence-electron chi connectivity index (χ4n) is 2.70. The van der Waals surface area contributed by atoms with Gasteiger partial charge in [0.1, 0.15) is 5.75 Å². The second kappa shape index (κ2) is 7.11. The number of carboxylic acids is 1. The number of anilines is 2. The van der Waals surface area contributed by atoms with E-state index in [2.05, 4.69) is 10.6 Å². The van der Waals surface area contributed by atoms with Crippen molar-refractivity contribution in [2.24, 2.45) is 0 Å². The van der Waals surface area contributed by atoms with E-state index in [4.69, 9.17) is 4.74 Å². The summed E-state index contributed by atoms with van der Waals surface area (Å²) < 4.78 is 5.60. The number of benzene rings is 2. The Kier molecular flexibility index (Phi) is 4.85. The van der Waals surface area contributed by atoms with Crippen molar-refractivity contribution in [3.8, 4) is 5.75 Å². The zero-order valence-corrected chi connectivity index (χ0v) is 15.0. The highest BCUT2D eigenvalue weighted by Gasteiger charge is 2.30. The Labute approximate surface area is 156 Å². The fourth-order valence-corrected chi connectivity index (χ4v) is 2.70. The van der Waals surface area contributed by atoms with E-state index in [0.29, 0.717) is 22.7 Å². The molecule has 2 amide bonds. The lowest BCUT2D eigenvalue weighted by atomic mass is 9.85. The van der Waals surface area contributed by atoms with Gasteiger partial charge in [0.25, 0.3) is 5.91 Å². The molecule has 2 aromatic rings. The van der Waals surface area contributed by atoms with Crippen LogP contribution in [0.2, 0.25) is 0 Å². The molecule has 7 nitrogen and oxygen atoms in total. The van der Waals surface area contributed by atoms with Crippen molar-refractivity contribution in [3.63, 3.8) is 0 Å². The minimum Gasteiger partial charge on any atom is -0.481 e. The van der Waals surface area contributed by atoms with Crippen molar-refractivity contribution in [1.82, 2.24) is 0 Å². The number of hydrogen-bond acceptors (Lipinski definition) is 4. The number of para-hydroxylation sites is 2. The van der Waals surface area contributed by atoms with Crippen LogP contribution in [0.5, 0.6) is 5.75 Å². The quantitative estimate of drug-likeness (QED) is 0.753. The van der Waals surface area contributed by atoms with Gasteiger partial charge in [-0.1, -0.05) is 24.3 Å². The lowest BCUT2D eigenvalue weighted by Gasteiger charge is -2.25. The highest BCUT2D eigenvalue weighted by atomic mass is 16.5. The second-order valence-corrected chi connectivity index (χ2v) is 6.85. The van der Waals surface area contributed by atoms with Crippen LogP contribution in [0.25, 0.3) is 0 Å². The standard InChI is InChI=1S/C20H20N2O5/c1-20(2,19(25)26)12-7-9-13(10-8-12)21-17(23)11-16-18(24)22-14-5-3-4-6-15(14)27-16/h3-10,16H,11H2,1-2H3,(H,21,23)(H,22,24)(H,25,26). The van der Waals surface area contributed by atoms with Crippen LogP contribution in [0, 0.1) is 0 Å². The average molecular weight is 368 g/mol. The Morgan fingerprint density at radius 3 is 2.48 bits per heavy atom. The van der Waals surface area contributed by atoms with Gasteiger partial charge in [-0.2, -0.15) is 0 Å². The number of ether oxygens (including phenoxy) is 1. The summed E-state index contributed by atoms with van der Waals surface area (Å²) in [4.78, 5) is 35.7. The third-order valence-corrected chi connectivity index (χ3v) is 4.50.